The lowest BCUT2D eigenvalue weighted by Gasteiger charge is -2.20. The highest BCUT2D eigenvalue weighted by molar-refractivity contribution is 7.14. The number of hydrogen-bond acceptors (Lipinski definition) is 3. The fourth-order valence-electron chi connectivity index (χ4n) is 2.70. The van der Waals surface area contributed by atoms with Crippen LogP contribution in [-0.2, 0) is 11.3 Å². The number of anilines is 1. The molecule has 5 heteroatoms. The molecule has 126 valence electrons. The van der Waals surface area contributed by atoms with E-state index < -0.39 is 0 Å². The fraction of sp³-hybridized carbons (Fsp3) is 0.200. The molecule has 1 aliphatic carbocycles. The van der Waals surface area contributed by atoms with Gasteiger partial charge in [-0.15, -0.1) is 11.3 Å². The van der Waals surface area contributed by atoms with E-state index in [1.165, 1.54) is 11.3 Å². The summed E-state index contributed by atoms with van der Waals surface area (Å²) in [6, 6.07) is 17.7. The highest BCUT2D eigenvalue weighted by atomic mass is 35.5. The number of nitrogens with zero attached hydrogens (tertiary/aromatic N) is 2. The molecular weight excluding hydrogens is 352 g/mol. The highest BCUT2D eigenvalue weighted by Gasteiger charge is 2.35. The zero-order valence-electron chi connectivity index (χ0n) is 13.6. The Balaban J connectivity index is 1.63. The molecule has 3 aromatic rings. The first-order valence-electron chi connectivity index (χ1n) is 8.27. The molecule has 1 aliphatic rings. The minimum absolute atomic E-state index is 0.159. The van der Waals surface area contributed by atoms with Crippen LogP contribution < -0.4 is 4.90 Å². The highest BCUT2D eigenvalue weighted by Crippen LogP contribution is 2.35. The van der Waals surface area contributed by atoms with Crippen molar-refractivity contribution < 1.29 is 4.79 Å². The van der Waals surface area contributed by atoms with E-state index in [-0.39, 0.29) is 11.8 Å². The number of hydrogen-bond donors (Lipinski definition) is 0. The van der Waals surface area contributed by atoms with Crippen LogP contribution in [0.2, 0.25) is 5.02 Å². The van der Waals surface area contributed by atoms with Gasteiger partial charge in [-0.2, -0.15) is 0 Å². The molecule has 0 radical (unpaired) electrons. The van der Waals surface area contributed by atoms with Crippen LogP contribution in [0.25, 0.3) is 11.3 Å². The van der Waals surface area contributed by atoms with Crippen molar-refractivity contribution in [3.05, 3.63) is 70.6 Å². The van der Waals surface area contributed by atoms with Crippen LogP contribution in [0.5, 0.6) is 0 Å². The molecule has 1 aromatic heterocycles. The molecule has 4 rings (SSSR count). The molecule has 0 saturated heterocycles. The lowest BCUT2D eigenvalue weighted by Crippen LogP contribution is -2.31. The van der Waals surface area contributed by atoms with E-state index in [0.717, 1.165) is 34.8 Å². The minimum atomic E-state index is 0.159. The molecule has 1 heterocycles. The molecular formula is C20H17ClN2OS. The SMILES string of the molecule is O=C(C1CC1)N(Cc1ccccc1)c1nc(-c2ccc(Cl)cc2)cs1. The molecule has 0 N–H and O–H groups in total. The smallest absolute Gasteiger partial charge is 0.232 e. The topological polar surface area (TPSA) is 33.2 Å². The van der Waals surface area contributed by atoms with Crippen molar-refractivity contribution in [2.45, 2.75) is 19.4 Å². The Bertz CT molecular complexity index is 872. The molecule has 0 unspecified atom stereocenters. The van der Waals surface area contributed by atoms with Gasteiger partial charge in [0, 0.05) is 21.9 Å². The van der Waals surface area contributed by atoms with E-state index >= 15 is 0 Å². The van der Waals surface area contributed by atoms with Crippen LogP contribution in [0.1, 0.15) is 18.4 Å². The molecule has 0 atom stereocenters. The second-order valence-corrected chi connectivity index (χ2v) is 7.48. The molecule has 1 amide bonds. The number of benzene rings is 2. The maximum absolute atomic E-state index is 12.8. The average Bonchev–Trinajstić information content (AvgIpc) is 3.38. The van der Waals surface area contributed by atoms with Gasteiger partial charge in [-0.05, 0) is 30.5 Å². The Labute approximate surface area is 155 Å². The summed E-state index contributed by atoms with van der Waals surface area (Å²) >= 11 is 7.47. The third kappa shape index (κ3) is 3.75. The number of carbonyl (C=O) groups excluding carboxylic acids is 1. The molecule has 25 heavy (non-hydrogen) atoms. The van der Waals surface area contributed by atoms with Gasteiger partial charge in [0.1, 0.15) is 0 Å². The second kappa shape index (κ2) is 6.98. The quantitative estimate of drug-likeness (QED) is 0.603. The van der Waals surface area contributed by atoms with Crippen molar-refractivity contribution in [2.75, 3.05) is 4.90 Å². The standard InChI is InChI=1S/C20H17ClN2OS/c21-17-10-8-15(9-11-17)18-13-25-20(22-18)23(19(24)16-6-7-16)12-14-4-2-1-3-5-14/h1-5,8-11,13,16H,6-7,12H2. The fourth-order valence-corrected chi connectivity index (χ4v) is 3.66. The molecule has 0 bridgehead atoms. The lowest BCUT2D eigenvalue weighted by molar-refractivity contribution is -0.119. The van der Waals surface area contributed by atoms with Crippen LogP contribution in [-0.4, -0.2) is 10.9 Å². The van der Waals surface area contributed by atoms with Crippen LogP contribution >= 0.6 is 22.9 Å². The molecule has 3 nitrogen and oxygen atoms in total. The van der Waals surface area contributed by atoms with Crippen molar-refractivity contribution in [1.29, 1.82) is 0 Å². The first-order valence-corrected chi connectivity index (χ1v) is 9.53. The molecule has 2 aromatic carbocycles. The Morgan fingerprint density at radius 3 is 2.52 bits per heavy atom. The van der Waals surface area contributed by atoms with E-state index in [2.05, 4.69) is 0 Å². The monoisotopic (exact) mass is 368 g/mol. The Hall–Kier alpha value is -2.17. The third-order valence-electron chi connectivity index (χ3n) is 4.24. The predicted octanol–water partition coefficient (Wildman–Crippen LogP) is 5.41. The summed E-state index contributed by atoms with van der Waals surface area (Å²) in [6.45, 7) is 0.559. The summed E-state index contributed by atoms with van der Waals surface area (Å²) in [4.78, 5) is 19.3. The average molecular weight is 369 g/mol. The Morgan fingerprint density at radius 1 is 1.12 bits per heavy atom. The summed E-state index contributed by atoms with van der Waals surface area (Å²) in [5.74, 6) is 0.340. The van der Waals surface area contributed by atoms with Crippen LogP contribution in [0.15, 0.2) is 60.0 Å². The molecule has 0 aliphatic heterocycles. The first kappa shape index (κ1) is 16.3. The van der Waals surface area contributed by atoms with Crippen LogP contribution in [0.4, 0.5) is 5.13 Å². The second-order valence-electron chi connectivity index (χ2n) is 6.21. The van der Waals surface area contributed by atoms with Gasteiger partial charge in [-0.3, -0.25) is 9.69 Å². The molecule has 0 spiro atoms. The van der Waals surface area contributed by atoms with Gasteiger partial charge in [0.2, 0.25) is 5.91 Å². The molecule has 1 fully saturated rings. The maximum Gasteiger partial charge on any atom is 0.232 e. The summed E-state index contributed by atoms with van der Waals surface area (Å²) < 4.78 is 0. The normalized spacial score (nSPS) is 13.6. The van der Waals surface area contributed by atoms with Gasteiger partial charge in [0.25, 0.3) is 0 Å². The summed E-state index contributed by atoms with van der Waals surface area (Å²) in [7, 11) is 0. The van der Waals surface area contributed by atoms with Crippen molar-refractivity contribution in [2.24, 2.45) is 5.92 Å². The number of carbonyl (C=O) groups is 1. The third-order valence-corrected chi connectivity index (χ3v) is 5.35. The Kier molecular flexibility index (Phi) is 4.55. The minimum Gasteiger partial charge on any atom is -0.283 e. The van der Waals surface area contributed by atoms with E-state index in [0.29, 0.717) is 11.6 Å². The zero-order chi connectivity index (χ0) is 17.2. The van der Waals surface area contributed by atoms with E-state index in [9.17, 15) is 4.79 Å². The van der Waals surface area contributed by atoms with E-state index in [1.54, 1.807) is 0 Å². The number of thiazole rings is 1. The van der Waals surface area contributed by atoms with Gasteiger partial charge >= 0.3 is 0 Å². The van der Waals surface area contributed by atoms with Crippen molar-refractivity contribution in [3.8, 4) is 11.3 Å². The summed E-state index contributed by atoms with van der Waals surface area (Å²) in [6.07, 6.45) is 1.97. The van der Waals surface area contributed by atoms with Crippen LogP contribution in [0, 0.1) is 5.92 Å². The number of rotatable bonds is 5. The van der Waals surface area contributed by atoms with Crippen LogP contribution in [0.3, 0.4) is 0 Å². The van der Waals surface area contributed by atoms with Gasteiger partial charge in [-0.25, -0.2) is 4.98 Å². The molecule has 1 saturated carbocycles. The van der Waals surface area contributed by atoms with Gasteiger partial charge < -0.3 is 0 Å². The number of aromatic nitrogens is 1. The van der Waals surface area contributed by atoms with E-state index in [4.69, 9.17) is 16.6 Å². The van der Waals surface area contributed by atoms with Crippen molar-refractivity contribution in [3.63, 3.8) is 0 Å². The zero-order valence-corrected chi connectivity index (χ0v) is 15.1. The lowest BCUT2D eigenvalue weighted by atomic mass is 10.2. The predicted molar refractivity (Wildman–Crippen MR) is 103 cm³/mol. The number of halogens is 1. The maximum atomic E-state index is 12.8. The largest absolute Gasteiger partial charge is 0.283 e. The van der Waals surface area contributed by atoms with Gasteiger partial charge in [-0.1, -0.05) is 54.1 Å². The first-order chi connectivity index (χ1) is 12.2. The number of amides is 1. The van der Waals surface area contributed by atoms with E-state index in [1.807, 2.05) is 64.9 Å². The van der Waals surface area contributed by atoms with Gasteiger partial charge in [0.15, 0.2) is 5.13 Å². The van der Waals surface area contributed by atoms with Crippen molar-refractivity contribution >= 4 is 34.0 Å². The Morgan fingerprint density at radius 2 is 1.84 bits per heavy atom. The van der Waals surface area contributed by atoms with Crippen molar-refractivity contribution in [1.82, 2.24) is 4.98 Å². The summed E-state index contributed by atoms with van der Waals surface area (Å²) in [5.41, 5.74) is 2.99. The summed E-state index contributed by atoms with van der Waals surface area (Å²) in [5, 5.41) is 3.45. The van der Waals surface area contributed by atoms with Gasteiger partial charge in [0.05, 0.1) is 12.2 Å².